The molecule has 8 nitrogen and oxygen atoms in total. The van der Waals surface area contributed by atoms with E-state index in [-0.39, 0.29) is 18.4 Å². The van der Waals surface area contributed by atoms with E-state index < -0.39 is 0 Å². The third-order valence-electron chi connectivity index (χ3n) is 8.57. The first-order valence-electron chi connectivity index (χ1n) is 14.4. The Bertz CT molecular complexity index is 1220. The van der Waals surface area contributed by atoms with E-state index in [9.17, 15) is 10.1 Å². The van der Waals surface area contributed by atoms with Crippen LogP contribution in [0.4, 0.5) is 5.82 Å². The van der Waals surface area contributed by atoms with Crippen molar-refractivity contribution in [3.05, 3.63) is 59.3 Å². The first-order valence-corrected chi connectivity index (χ1v) is 14.4. The highest BCUT2D eigenvalue weighted by atomic mass is 16.5. The van der Waals surface area contributed by atoms with Crippen LogP contribution < -0.4 is 9.64 Å². The van der Waals surface area contributed by atoms with Crippen LogP contribution in [0.15, 0.2) is 36.9 Å². The van der Waals surface area contributed by atoms with Crippen molar-refractivity contribution in [1.82, 2.24) is 19.8 Å². The number of amides is 1. The van der Waals surface area contributed by atoms with Gasteiger partial charge in [-0.3, -0.25) is 4.79 Å². The Morgan fingerprint density at radius 2 is 1.87 bits per heavy atom. The van der Waals surface area contributed by atoms with E-state index in [4.69, 9.17) is 14.7 Å². The molecule has 206 valence electrons. The lowest BCUT2D eigenvalue weighted by Gasteiger charge is -2.41. The average molecular weight is 529 g/mol. The second-order valence-electron chi connectivity index (χ2n) is 11.0. The van der Waals surface area contributed by atoms with Crippen molar-refractivity contribution in [3.63, 3.8) is 0 Å². The Morgan fingerprint density at radius 3 is 2.62 bits per heavy atom. The summed E-state index contributed by atoms with van der Waals surface area (Å²) in [4.78, 5) is 28.9. The van der Waals surface area contributed by atoms with Crippen molar-refractivity contribution in [1.29, 1.82) is 5.26 Å². The molecule has 2 aliphatic heterocycles. The Balaban J connectivity index is 1.48. The molecule has 0 saturated carbocycles. The number of nitrogens with zero attached hydrogens (tertiary/aromatic N) is 6. The molecule has 2 aromatic rings. The van der Waals surface area contributed by atoms with Crippen LogP contribution in [0.25, 0.3) is 0 Å². The molecule has 39 heavy (non-hydrogen) atoms. The number of aryl methyl sites for hydroxylation is 3. The second kappa shape index (κ2) is 12.6. The lowest BCUT2D eigenvalue weighted by Crippen LogP contribution is -2.55. The van der Waals surface area contributed by atoms with Gasteiger partial charge in [0.2, 0.25) is 5.91 Å². The van der Waals surface area contributed by atoms with Gasteiger partial charge < -0.3 is 19.4 Å². The zero-order valence-electron chi connectivity index (χ0n) is 23.1. The smallest absolute Gasteiger partial charge is 0.318 e. The molecule has 3 aliphatic rings. The molecule has 0 spiro atoms. The summed E-state index contributed by atoms with van der Waals surface area (Å²) in [6.45, 7) is 7.07. The quantitative estimate of drug-likeness (QED) is 0.528. The lowest BCUT2D eigenvalue weighted by atomic mass is 9.92. The minimum atomic E-state index is -0.211. The van der Waals surface area contributed by atoms with Crippen LogP contribution in [-0.2, 0) is 30.5 Å². The highest BCUT2D eigenvalue weighted by Crippen LogP contribution is 2.31. The van der Waals surface area contributed by atoms with Crippen molar-refractivity contribution in [2.75, 3.05) is 44.7 Å². The fourth-order valence-corrected chi connectivity index (χ4v) is 6.29. The lowest BCUT2D eigenvalue weighted by molar-refractivity contribution is -0.128. The molecule has 1 aromatic heterocycles. The van der Waals surface area contributed by atoms with Crippen LogP contribution in [-0.4, -0.2) is 77.6 Å². The maximum absolute atomic E-state index is 12.5. The minimum Gasteiger partial charge on any atom is -0.462 e. The fraction of sp³-hybridized carbons (Fsp3) is 0.548. The average Bonchev–Trinajstić information content (AvgIpc) is 3.38. The molecular weight excluding hydrogens is 488 g/mol. The van der Waals surface area contributed by atoms with E-state index in [1.54, 1.807) is 4.90 Å². The monoisotopic (exact) mass is 528 g/mol. The molecular formula is C31H40N6O2. The molecule has 0 N–H and O–H groups in total. The fourth-order valence-electron chi connectivity index (χ4n) is 6.29. The first-order chi connectivity index (χ1) is 19.1. The number of piperazine rings is 1. The highest BCUT2D eigenvalue weighted by Gasteiger charge is 2.32. The SMILES string of the molecule is C=CC(=O)N1CCN(c2nc(OC[C@@H]3CCCN3C)nc3c2CCc2ccccc2CCCC3)C[C@@H]1CC#N. The third-order valence-corrected chi connectivity index (χ3v) is 8.57. The standard InChI is InChI=1S/C31H40N6O2/c1-3-29(38)37-20-19-36(21-25(37)16-17-32)30-27-15-14-24-11-5-4-9-23(24)10-6-7-13-28(27)33-31(34-30)39-22-26-12-8-18-35(26)2/h3-5,9,11,25-26H,1,6-8,10,12-16,18-22H2,2H3/t25-,26-/m0/s1. The summed E-state index contributed by atoms with van der Waals surface area (Å²) in [6.07, 6.45) is 9.88. The van der Waals surface area contributed by atoms with Gasteiger partial charge >= 0.3 is 6.01 Å². The number of fused-ring (bicyclic) bond motifs is 2. The summed E-state index contributed by atoms with van der Waals surface area (Å²) in [5.41, 5.74) is 5.09. The van der Waals surface area contributed by atoms with Gasteiger partial charge in [-0.25, -0.2) is 0 Å². The number of ether oxygens (including phenoxy) is 1. The summed E-state index contributed by atoms with van der Waals surface area (Å²) in [5, 5.41) is 9.52. The molecule has 2 fully saturated rings. The van der Waals surface area contributed by atoms with Gasteiger partial charge in [-0.15, -0.1) is 0 Å². The van der Waals surface area contributed by atoms with Crippen molar-refractivity contribution >= 4 is 11.7 Å². The number of carbonyl (C=O) groups is 1. The van der Waals surface area contributed by atoms with E-state index in [1.807, 2.05) is 0 Å². The molecule has 3 heterocycles. The first kappa shape index (κ1) is 27.1. The van der Waals surface area contributed by atoms with Crippen molar-refractivity contribution in [2.24, 2.45) is 0 Å². The number of hydrogen-bond donors (Lipinski definition) is 0. The van der Waals surface area contributed by atoms with Gasteiger partial charge in [0, 0.05) is 31.2 Å². The topological polar surface area (TPSA) is 85.6 Å². The molecule has 0 unspecified atom stereocenters. The zero-order valence-corrected chi connectivity index (χ0v) is 23.1. The number of aromatic nitrogens is 2. The van der Waals surface area contributed by atoms with Gasteiger partial charge in [-0.05, 0) is 82.2 Å². The van der Waals surface area contributed by atoms with E-state index >= 15 is 0 Å². The zero-order chi connectivity index (χ0) is 27.2. The van der Waals surface area contributed by atoms with E-state index in [1.165, 1.54) is 29.2 Å². The molecule has 1 amide bonds. The van der Waals surface area contributed by atoms with E-state index in [0.29, 0.717) is 38.3 Å². The summed E-state index contributed by atoms with van der Waals surface area (Å²) < 4.78 is 6.27. The maximum atomic E-state index is 12.5. The van der Waals surface area contributed by atoms with Gasteiger partial charge in [0.05, 0.1) is 24.2 Å². The van der Waals surface area contributed by atoms with Crippen LogP contribution in [0.2, 0.25) is 0 Å². The highest BCUT2D eigenvalue weighted by molar-refractivity contribution is 5.87. The van der Waals surface area contributed by atoms with Gasteiger partial charge in [0.15, 0.2) is 0 Å². The molecule has 2 saturated heterocycles. The van der Waals surface area contributed by atoms with Crippen LogP contribution in [0.1, 0.15) is 54.5 Å². The molecule has 1 aliphatic carbocycles. The molecule has 0 bridgehead atoms. The van der Waals surface area contributed by atoms with Crippen molar-refractivity contribution in [3.8, 4) is 12.1 Å². The molecule has 2 atom stereocenters. The van der Waals surface area contributed by atoms with Crippen molar-refractivity contribution in [2.45, 2.75) is 69.9 Å². The molecule has 5 rings (SSSR count). The summed E-state index contributed by atoms with van der Waals surface area (Å²) in [6, 6.07) is 11.7. The number of likely N-dealkylation sites (tertiary alicyclic amines) is 1. The maximum Gasteiger partial charge on any atom is 0.318 e. The Hall–Kier alpha value is -3.44. The number of benzene rings is 1. The van der Waals surface area contributed by atoms with Crippen molar-refractivity contribution < 1.29 is 9.53 Å². The van der Waals surface area contributed by atoms with Gasteiger partial charge in [0.25, 0.3) is 0 Å². The van der Waals surface area contributed by atoms with Crippen LogP contribution in [0.3, 0.4) is 0 Å². The number of anilines is 1. The van der Waals surface area contributed by atoms with Crippen LogP contribution >= 0.6 is 0 Å². The summed E-state index contributed by atoms with van der Waals surface area (Å²) in [5.74, 6) is 0.781. The number of likely N-dealkylation sites (N-methyl/N-ethyl adjacent to an activating group) is 1. The third kappa shape index (κ3) is 6.25. The minimum absolute atomic E-state index is 0.123. The Morgan fingerprint density at radius 1 is 1.08 bits per heavy atom. The number of hydrogen-bond acceptors (Lipinski definition) is 7. The number of nitriles is 1. The Labute approximate surface area is 232 Å². The van der Waals surface area contributed by atoms with Gasteiger partial charge in [0.1, 0.15) is 12.4 Å². The predicted molar refractivity (Wildman–Crippen MR) is 152 cm³/mol. The van der Waals surface area contributed by atoms with Crippen LogP contribution in [0, 0.1) is 11.3 Å². The molecule has 8 heteroatoms. The molecule has 0 radical (unpaired) electrons. The predicted octanol–water partition coefficient (Wildman–Crippen LogP) is 3.73. The number of rotatable bonds is 6. The van der Waals surface area contributed by atoms with Gasteiger partial charge in [-0.1, -0.05) is 30.8 Å². The Kier molecular flexibility index (Phi) is 8.77. The van der Waals surface area contributed by atoms with E-state index in [0.717, 1.165) is 63.0 Å². The number of carbonyl (C=O) groups excluding carboxylic acids is 1. The molecule has 1 aromatic carbocycles. The van der Waals surface area contributed by atoms with Crippen LogP contribution in [0.5, 0.6) is 6.01 Å². The summed E-state index contributed by atoms with van der Waals surface area (Å²) in [7, 11) is 2.15. The van der Waals surface area contributed by atoms with E-state index in [2.05, 4.69) is 53.8 Å². The summed E-state index contributed by atoms with van der Waals surface area (Å²) >= 11 is 0. The van der Waals surface area contributed by atoms with Gasteiger partial charge in [-0.2, -0.15) is 15.2 Å². The second-order valence-corrected chi connectivity index (χ2v) is 11.0. The largest absolute Gasteiger partial charge is 0.462 e. The normalized spacial score (nSPS) is 21.9.